The molecule has 1 amide bonds. The van der Waals surface area contributed by atoms with Gasteiger partial charge in [0, 0.05) is 37.1 Å². The zero-order valence-corrected chi connectivity index (χ0v) is 17.6. The Morgan fingerprint density at radius 1 is 1.22 bits per heavy atom. The molecule has 0 fully saturated rings. The number of benzene rings is 1. The van der Waals surface area contributed by atoms with Gasteiger partial charge in [0.25, 0.3) is 6.01 Å². The van der Waals surface area contributed by atoms with Crippen molar-refractivity contribution in [2.24, 2.45) is 5.73 Å². The Morgan fingerprint density at radius 2 is 2.09 bits per heavy atom. The van der Waals surface area contributed by atoms with Gasteiger partial charge in [0.05, 0.1) is 31.6 Å². The van der Waals surface area contributed by atoms with E-state index in [0.29, 0.717) is 35.2 Å². The lowest BCUT2D eigenvalue weighted by Gasteiger charge is -2.17. The molecule has 0 aliphatic heterocycles. The summed E-state index contributed by atoms with van der Waals surface area (Å²) in [7, 11) is 3.27. The van der Waals surface area contributed by atoms with Crippen LogP contribution < -0.4 is 15.8 Å². The molecule has 32 heavy (non-hydrogen) atoms. The van der Waals surface area contributed by atoms with Crippen molar-refractivity contribution in [3.05, 3.63) is 60.9 Å². The molecule has 4 aromatic rings. The van der Waals surface area contributed by atoms with E-state index in [0.717, 1.165) is 11.1 Å². The Morgan fingerprint density at radius 3 is 2.84 bits per heavy atom. The number of nitrogens with zero attached hydrogens (tertiary/aromatic N) is 4. The third-order valence-corrected chi connectivity index (χ3v) is 4.79. The third-order valence-electron chi connectivity index (χ3n) is 4.79. The summed E-state index contributed by atoms with van der Waals surface area (Å²) in [6, 6.07) is 9.48. The molecule has 0 spiro atoms. The predicted octanol–water partition coefficient (Wildman–Crippen LogP) is 3.06. The van der Waals surface area contributed by atoms with E-state index in [1.807, 2.05) is 18.2 Å². The number of carbonyl (C=O) groups excluding carboxylic acids is 1. The van der Waals surface area contributed by atoms with Crippen LogP contribution in [0.25, 0.3) is 22.8 Å². The molecule has 0 atom stereocenters. The minimum absolute atomic E-state index is 0.0544. The second kappa shape index (κ2) is 9.31. The highest BCUT2D eigenvalue weighted by molar-refractivity contribution is 5.78. The molecule has 164 valence electrons. The molecule has 0 unspecified atom stereocenters. The number of likely N-dealkylation sites (N-methyl/N-ethyl adjacent to an activating group) is 1. The first kappa shape index (κ1) is 21.1. The molecule has 3 heterocycles. The summed E-state index contributed by atoms with van der Waals surface area (Å²) in [5, 5.41) is 3.12. The minimum Gasteiger partial charge on any atom is -0.496 e. The first-order chi connectivity index (χ1) is 15.6. The van der Waals surface area contributed by atoms with Crippen molar-refractivity contribution in [1.29, 1.82) is 0 Å². The van der Waals surface area contributed by atoms with E-state index in [1.54, 1.807) is 49.8 Å². The molecule has 0 saturated carbocycles. The van der Waals surface area contributed by atoms with Crippen LogP contribution in [0.1, 0.15) is 5.56 Å². The van der Waals surface area contributed by atoms with Crippen molar-refractivity contribution in [3.63, 3.8) is 0 Å². The smallest absolute Gasteiger partial charge is 0.299 e. The number of nitrogens with two attached hydrogens (primary N) is 1. The van der Waals surface area contributed by atoms with Crippen molar-refractivity contribution < 1.29 is 18.4 Å². The van der Waals surface area contributed by atoms with Gasteiger partial charge in [-0.3, -0.25) is 9.78 Å². The fraction of sp³-hybridized carbons (Fsp3) is 0.182. The second-order valence-corrected chi connectivity index (χ2v) is 6.90. The Kier molecular flexibility index (Phi) is 6.13. The average Bonchev–Trinajstić information content (AvgIpc) is 3.51. The van der Waals surface area contributed by atoms with Gasteiger partial charge in [-0.05, 0) is 18.2 Å². The van der Waals surface area contributed by atoms with Gasteiger partial charge in [-0.15, -0.1) is 0 Å². The number of amides is 1. The lowest BCUT2D eigenvalue weighted by molar-refractivity contribution is -0.128. The highest BCUT2D eigenvalue weighted by Crippen LogP contribution is 2.33. The maximum atomic E-state index is 11.8. The van der Waals surface area contributed by atoms with Crippen LogP contribution in [0.2, 0.25) is 0 Å². The zero-order valence-electron chi connectivity index (χ0n) is 17.6. The van der Waals surface area contributed by atoms with Gasteiger partial charge in [-0.25, -0.2) is 9.97 Å². The monoisotopic (exact) mass is 434 g/mol. The van der Waals surface area contributed by atoms with E-state index in [9.17, 15) is 4.79 Å². The van der Waals surface area contributed by atoms with Crippen LogP contribution in [0.4, 0.5) is 11.7 Å². The normalized spacial score (nSPS) is 10.7. The second-order valence-electron chi connectivity index (χ2n) is 6.90. The Bertz CT molecular complexity index is 1200. The lowest BCUT2D eigenvalue weighted by atomic mass is 10.1. The van der Waals surface area contributed by atoms with E-state index < -0.39 is 0 Å². The van der Waals surface area contributed by atoms with E-state index in [2.05, 4.69) is 20.3 Å². The molecular weight excluding hydrogens is 412 g/mol. The fourth-order valence-corrected chi connectivity index (χ4v) is 3.17. The number of pyridine rings is 1. The Labute approximate surface area is 184 Å². The number of oxazole rings is 2. The van der Waals surface area contributed by atoms with E-state index in [-0.39, 0.29) is 18.5 Å². The van der Waals surface area contributed by atoms with Gasteiger partial charge >= 0.3 is 0 Å². The van der Waals surface area contributed by atoms with Gasteiger partial charge in [0.1, 0.15) is 11.4 Å². The molecule has 0 aliphatic rings. The molecule has 10 nitrogen and oxygen atoms in total. The van der Waals surface area contributed by atoms with Crippen molar-refractivity contribution >= 4 is 17.6 Å². The number of nitrogens with one attached hydrogen (secondary N) is 1. The van der Waals surface area contributed by atoms with Crippen molar-refractivity contribution in [2.45, 2.75) is 6.54 Å². The summed E-state index contributed by atoms with van der Waals surface area (Å²) in [6.07, 6.45) is 6.23. The SMILES string of the molecule is COc1cc(Nc2ncc(-c3ncccc3CN(C)C(=O)CN)o2)ccc1-c1cnco1. The van der Waals surface area contributed by atoms with E-state index >= 15 is 0 Å². The molecule has 1 aromatic carbocycles. The van der Waals surface area contributed by atoms with Crippen molar-refractivity contribution in [2.75, 3.05) is 26.0 Å². The summed E-state index contributed by atoms with van der Waals surface area (Å²) in [4.78, 5) is 26.0. The molecule has 0 radical (unpaired) electrons. The number of anilines is 2. The third kappa shape index (κ3) is 4.44. The molecule has 3 N–H and O–H groups in total. The first-order valence-corrected chi connectivity index (χ1v) is 9.77. The number of hydrogen-bond donors (Lipinski definition) is 2. The number of hydrogen-bond acceptors (Lipinski definition) is 9. The molecule has 0 saturated heterocycles. The van der Waals surface area contributed by atoms with Gasteiger partial charge < -0.3 is 29.5 Å². The molecule has 0 aliphatic carbocycles. The largest absolute Gasteiger partial charge is 0.496 e. The average molecular weight is 434 g/mol. The molecular formula is C22H22N6O4. The summed E-state index contributed by atoms with van der Waals surface area (Å²) >= 11 is 0. The van der Waals surface area contributed by atoms with Crippen LogP contribution in [0.3, 0.4) is 0 Å². The molecule has 10 heteroatoms. The molecule has 4 rings (SSSR count). The van der Waals surface area contributed by atoms with Crippen LogP contribution in [0.5, 0.6) is 5.75 Å². The van der Waals surface area contributed by atoms with E-state index in [1.165, 1.54) is 6.39 Å². The Hall–Kier alpha value is -4.18. The lowest BCUT2D eigenvalue weighted by Crippen LogP contribution is -2.32. The fourth-order valence-electron chi connectivity index (χ4n) is 3.17. The highest BCUT2D eigenvalue weighted by Gasteiger charge is 2.16. The van der Waals surface area contributed by atoms with E-state index in [4.69, 9.17) is 19.3 Å². The predicted molar refractivity (Wildman–Crippen MR) is 117 cm³/mol. The summed E-state index contributed by atoms with van der Waals surface area (Å²) in [5.41, 5.74) is 8.36. The van der Waals surface area contributed by atoms with Crippen LogP contribution in [-0.4, -0.2) is 46.5 Å². The van der Waals surface area contributed by atoms with Gasteiger partial charge in [-0.2, -0.15) is 0 Å². The minimum atomic E-state index is -0.164. The summed E-state index contributed by atoms with van der Waals surface area (Å²) in [5.74, 6) is 1.52. The van der Waals surface area contributed by atoms with Crippen LogP contribution in [0, 0.1) is 0 Å². The number of methoxy groups -OCH3 is 1. The maximum absolute atomic E-state index is 11.8. The van der Waals surface area contributed by atoms with Crippen LogP contribution >= 0.6 is 0 Å². The van der Waals surface area contributed by atoms with Gasteiger partial charge in [0.2, 0.25) is 5.91 Å². The van der Waals surface area contributed by atoms with Crippen LogP contribution in [-0.2, 0) is 11.3 Å². The summed E-state index contributed by atoms with van der Waals surface area (Å²) < 4.78 is 16.7. The standard InChI is InChI=1S/C22H22N6O4/c1-28(20(29)9-23)12-14-4-3-7-25-21(14)19-11-26-22(32-19)27-15-5-6-16(17(8-15)30-2)18-10-24-13-31-18/h3-8,10-11,13H,9,12,23H2,1-2H3,(H,26,27). The topological polar surface area (TPSA) is 133 Å². The number of rotatable bonds is 8. The zero-order chi connectivity index (χ0) is 22.5. The first-order valence-electron chi connectivity index (χ1n) is 9.77. The maximum Gasteiger partial charge on any atom is 0.299 e. The van der Waals surface area contributed by atoms with Gasteiger partial charge in [-0.1, -0.05) is 6.07 Å². The summed E-state index contributed by atoms with van der Waals surface area (Å²) in [6.45, 7) is 0.296. The van der Waals surface area contributed by atoms with Crippen LogP contribution in [0.15, 0.2) is 64.2 Å². The quantitative estimate of drug-likeness (QED) is 0.429. The van der Waals surface area contributed by atoms with Crippen molar-refractivity contribution in [1.82, 2.24) is 19.9 Å². The molecule has 0 bridgehead atoms. The molecule has 3 aromatic heterocycles. The number of aromatic nitrogens is 3. The van der Waals surface area contributed by atoms with Gasteiger partial charge in [0.15, 0.2) is 17.9 Å². The highest BCUT2D eigenvalue weighted by atomic mass is 16.5. The number of carbonyl (C=O) groups is 1. The number of ether oxygens (including phenoxy) is 1. The Balaban J connectivity index is 1.55. The van der Waals surface area contributed by atoms with Crippen molar-refractivity contribution in [3.8, 4) is 28.5 Å².